The molecule has 0 unspecified atom stereocenters. The quantitative estimate of drug-likeness (QED) is 0.496. The van der Waals surface area contributed by atoms with Gasteiger partial charge < -0.3 is 0 Å². The van der Waals surface area contributed by atoms with Crippen LogP contribution in [0.5, 0.6) is 0 Å². The summed E-state index contributed by atoms with van der Waals surface area (Å²) in [7, 11) is 0. The van der Waals surface area contributed by atoms with E-state index in [4.69, 9.17) is 9.47 Å². The number of hydrogen-bond acceptors (Lipinski definition) is 3. The molecule has 0 bridgehead atoms. The van der Waals surface area contributed by atoms with Gasteiger partial charge in [-0.05, 0) is 0 Å². The van der Waals surface area contributed by atoms with Crippen LogP contribution in [-0.2, 0) is 27.2 Å². The average molecular weight is 549 g/mol. The van der Waals surface area contributed by atoms with Crippen molar-refractivity contribution in [3.05, 3.63) is 42.1 Å². The molecule has 1 heterocycles. The molecular formula is C17H28BrCl2NO2SiZr. The molecule has 3 rings (SSSR count). The van der Waals surface area contributed by atoms with Crippen molar-refractivity contribution in [1.82, 2.24) is 3.26 Å². The monoisotopic (exact) mass is 545 g/mol. The maximum atomic E-state index is 5.71. The van der Waals surface area contributed by atoms with Crippen molar-refractivity contribution < 1.29 is 27.2 Å². The van der Waals surface area contributed by atoms with E-state index in [0.717, 1.165) is 22.4 Å². The molecule has 0 atom stereocenters. The normalized spacial score (nSPS) is 20.2. The van der Waals surface area contributed by atoms with Crippen LogP contribution in [0.15, 0.2) is 42.1 Å². The van der Waals surface area contributed by atoms with Crippen LogP contribution in [0.1, 0.15) is 34.1 Å². The molecule has 1 aliphatic heterocycles. The Morgan fingerprint density at radius 1 is 1.20 bits per heavy atom. The van der Waals surface area contributed by atoms with Crippen molar-refractivity contribution >= 4 is 47.6 Å². The summed E-state index contributed by atoms with van der Waals surface area (Å²) in [5, 5.41) is 0. The van der Waals surface area contributed by atoms with E-state index in [1.54, 1.807) is 3.28 Å². The van der Waals surface area contributed by atoms with Crippen molar-refractivity contribution in [2.45, 2.75) is 48.9 Å². The van der Waals surface area contributed by atoms with Gasteiger partial charge in [0.2, 0.25) is 0 Å². The first kappa shape index (κ1) is 23.7. The summed E-state index contributed by atoms with van der Waals surface area (Å²) in [4.78, 5) is 0. The van der Waals surface area contributed by atoms with Crippen LogP contribution >= 0.6 is 40.7 Å². The van der Waals surface area contributed by atoms with Crippen LogP contribution in [0, 0.1) is 0 Å². The van der Waals surface area contributed by atoms with Gasteiger partial charge in [0.15, 0.2) is 0 Å². The van der Waals surface area contributed by atoms with E-state index in [1.807, 2.05) is 0 Å². The molecule has 0 radical (unpaired) electrons. The topological polar surface area (TPSA) is 30.5 Å². The Balaban J connectivity index is 0.00000156. The number of hydrogen-bond donors (Lipinski definition) is 1. The minimum Gasteiger partial charge on any atom is -0.147 e. The maximum Gasteiger partial charge on any atom is -0.147 e. The van der Waals surface area contributed by atoms with Gasteiger partial charge in [-0.15, -0.1) is 24.8 Å². The van der Waals surface area contributed by atoms with E-state index in [9.17, 15) is 0 Å². The summed E-state index contributed by atoms with van der Waals surface area (Å²) in [6, 6.07) is 0. The fraction of sp³-hybridized carbons (Fsp3) is 0.529. The Bertz CT molecular complexity index is 800. The Morgan fingerprint density at radius 2 is 1.80 bits per heavy atom. The number of fused-ring (bicyclic) bond motifs is 1. The Morgan fingerprint density at radius 3 is 2.36 bits per heavy atom. The SMILES string of the molecule is CC1=CC2=C(Br)C3=C(CC2=[C]1[Zr]([CH3])([CH3])(=[SiH2])[NH]C(C)(C)C)OCO3.Cl.Cl. The van der Waals surface area contributed by atoms with E-state index in [-0.39, 0.29) is 30.4 Å². The summed E-state index contributed by atoms with van der Waals surface area (Å²) >= 11 is 0.503. The number of halogens is 3. The Kier molecular flexibility index (Phi) is 6.88. The van der Waals surface area contributed by atoms with Crippen LogP contribution in [0.2, 0.25) is 9.26 Å². The predicted octanol–water partition coefficient (Wildman–Crippen LogP) is 4.95. The molecule has 1 N–H and O–H groups in total. The third-order valence-corrected chi connectivity index (χ3v) is 17.8. The summed E-state index contributed by atoms with van der Waals surface area (Å²) in [6.45, 7) is 11.6. The zero-order valence-corrected chi connectivity index (χ0v) is 22.8. The number of allylic oxidation sites excluding steroid dienone is 6. The van der Waals surface area contributed by atoms with Gasteiger partial charge >= 0.3 is 151 Å². The standard InChI is InChI=1S/C11H8BrO2.C4H10N.2CH3.2ClH.H2Si.Zr/c1-6-2-7-4-9-11(14-5-13-9)10(12)8(7)3-6;1-4(2,3)5;;;;;;/h3H,4-5H2,1H3;5H,1-3H3;2*1H3;2*1H;1H2;/q;-1;;;;;;+1. The first-order valence-corrected chi connectivity index (χ1v) is 22.2. The summed E-state index contributed by atoms with van der Waals surface area (Å²) in [5.41, 5.74) is 4.23. The third kappa shape index (κ3) is 4.41. The molecule has 2 aliphatic carbocycles. The van der Waals surface area contributed by atoms with Gasteiger partial charge in [0.1, 0.15) is 0 Å². The number of ether oxygens (including phenoxy) is 2. The van der Waals surface area contributed by atoms with Gasteiger partial charge in [0.05, 0.1) is 0 Å². The minimum absolute atomic E-state index is 0. The van der Waals surface area contributed by atoms with E-state index in [0.29, 0.717) is 6.79 Å². The fourth-order valence-electron chi connectivity index (χ4n) is 4.41. The predicted molar refractivity (Wildman–Crippen MR) is 113 cm³/mol. The molecule has 0 saturated heterocycles. The molecule has 0 aromatic heterocycles. The Hall–Kier alpha value is 0.680. The van der Waals surface area contributed by atoms with Gasteiger partial charge in [-0.25, -0.2) is 0 Å². The number of nitrogens with one attached hydrogen (secondary N) is 1. The first-order valence-electron chi connectivity index (χ1n) is 8.06. The molecule has 142 valence electrons. The van der Waals surface area contributed by atoms with Crippen LogP contribution in [0.3, 0.4) is 0 Å². The largest absolute Gasteiger partial charge is 0.147 e. The van der Waals surface area contributed by atoms with E-state index < -0.39 is 17.7 Å². The zero-order chi connectivity index (χ0) is 17.2. The third-order valence-electron chi connectivity index (χ3n) is 4.42. The second-order valence-electron chi connectivity index (χ2n) is 8.80. The van der Waals surface area contributed by atoms with Crippen molar-refractivity contribution in [2.75, 3.05) is 6.79 Å². The second kappa shape index (κ2) is 7.25. The second-order valence-corrected chi connectivity index (χ2v) is 37.2. The molecule has 0 fully saturated rings. The maximum absolute atomic E-state index is 5.71. The fourth-order valence-corrected chi connectivity index (χ4v) is 23.6. The molecule has 0 aromatic rings. The van der Waals surface area contributed by atoms with Crippen molar-refractivity contribution in [3.8, 4) is 0 Å². The van der Waals surface area contributed by atoms with Crippen LogP contribution in [-0.4, -0.2) is 19.2 Å². The van der Waals surface area contributed by atoms with Crippen molar-refractivity contribution in [1.29, 1.82) is 0 Å². The molecule has 3 nitrogen and oxygen atoms in total. The molecular weight excluding hydrogens is 520 g/mol. The molecule has 0 saturated carbocycles. The van der Waals surface area contributed by atoms with Crippen LogP contribution in [0.25, 0.3) is 0 Å². The zero-order valence-electron chi connectivity index (χ0n) is 15.7. The van der Waals surface area contributed by atoms with Gasteiger partial charge in [-0.1, -0.05) is 0 Å². The van der Waals surface area contributed by atoms with Crippen LogP contribution in [0.4, 0.5) is 0 Å². The summed E-state index contributed by atoms with van der Waals surface area (Å²) < 4.78 is 23.0. The van der Waals surface area contributed by atoms with E-state index in [2.05, 4.69) is 69.1 Å². The molecule has 8 heteroatoms. The van der Waals surface area contributed by atoms with Gasteiger partial charge in [-0.2, -0.15) is 0 Å². The van der Waals surface area contributed by atoms with Gasteiger partial charge in [-0.3, -0.25) is 0 Å². The molecule has 25 heavy (non-hydrogen) atoms. The Labute approximate surface area is 174 Å². The number of rotatable bonds is 2. The molecule has 0 amide bonds. The summed E-state index contributed by atoms with van der Waals surface area (Å²) in [6.07, 6.45) is 3.16. The van der Waals surface area contributed by atoms with E-state index in [1.165, 1.54) is 16.7 Å². The van der Waals surface area contributed by atoms with Crippen LogP contribution < -0.4 is 3.26 Å². The molecule has 0 aromatic carbocycles. The van der Waals surface area contributed by atoms with Gasteiger partial charge in [0.25, 0.3) is 0 Å². The van der Waals surface area contributed by atoms with Gasteiger partial charge in [0, 0.05) is 0 Å². The average Bonchev–Trinajstić information content (AvgIpc) is 2.89. The molecule has 3 aliphatic rings. The van der Waals surface area contributed by atoms with Crippen molar-refractivity contribution in [3.63, 3.8) is 0 Å². The van der Waals surface area contributed by atoms with Crippen molar-refractivity contribution in [2.24, 2.45) is 0 Å². The summed E-state index contributed by atoms with van der Waals surface area (Å²) in [5.74, 6) is 1.86. The first-order chi connectivity index (χ1) is 10.4. The smallest absolute Gasteiger partial charge is 0.147 e. The minimum atomic E-state index is -3.24. The molecule has 0 spiro atoms. The van der Waals surface area contributed by atoms with E-state index >= 15 is 0 Å².